The van der Waals surface area contributed by atoms with E-state index in [4.69, 9.17) is 17.3 Å². The van der Waals surface area contributed by atoms with Gasteiger partial charge in [-0.3, -0.25) is 4.79 Å². The zero-order chi connectivity index (χ0) is 13.8. The maximum Gasteiger partial charge on any atom is 0.222 e. The van der Waals surface area contributed by atoms with Crippen molar-refractivity contribution in [2.75, 3.05) is 17.6 Å². The number of nitrogen functional groups attached to an aromatic ring is 1. The highest BCUT2D eigenvalue weighted by molar-refractivity contribution is 6.31. The number of halogens is 1. The number of hydrogen-bond donors (Lipinski definition) is 3. The van der Waals surface area contributed by atoms with E-state index in [1.807, 2.05) is 20.8 Å². The Balaban J connectivity index is 2.40. The van der Waals surface area contributed by atoms with E-state index >= 15 is 0 Å². The lowest BCUT2D eigenvalue weighted by Crippen LogP contribution is -2.41. The van der Waals surface area contributed by atoms with Crippen LogP contribution in [0.2, 0.25) is 5.02 Å². The third kappa shape index (κ3) is 5.27. The summed E-state index contributed by atoms with van der Waals surface area (Å²) >= 11 is 5.80. The summed E-state index contributed by atoms with van der Waals surface area (Å²) in [4.78, 5) is 11.6. The number of hydrogen-bond acceptors (Lipinski definition) is 3. The van der Waals surface area contributed by atoms with E-state index in [0.717, 1.165) is 5.69 Å². The zero-order valence-electron chi connectivity index (χ0n) is 11.0. The predicted octanol–water partition coefficient (Wildman–Crippen LogP) is 2.64. The van der Waals surface area contributed by atoms with Crippen LogP contribution in [-0.2, 0) is 4.79 Å². The Morgan fingerprint density at radius 3 is 2.61 bits per heavy atom. The molecule has 0 bridgehead atoms. The van der Waals surface area contributed by atoms with E-state index in [9.17, 15) is 4.79 Å². The van der Waals surface area contributed by atoms with Crippen LogP contribution in [-0.4, -0.2) is 18.0 Å². The van der Waals surface area contributed by atoms with E-state index in [2.05, 4.69) is 10.6 Å². The highest BCUT2D eigenvalue weighted by Crippen LogP contribution is 2.22. The number of carbonyl (C=O) groups is 1. The minimum atomic E-state index is -0.198. The third-order valence-corrected chi connectivity index (χ3v) is 2.43. The summed E-state index contributed by atoms with van der Waals surface area (Å²) in [6, 6.07) is 5.24. The molecule has 1 aromatic carbocycles. The Morgan fingerprint density at radius 1 is 1.39 bits per heavy atom. The predicted molar refractivity (Wildman–Crippen MR) is 76.9 cm³/mol. The Morgan fingerprint density at radius 2 is 2.06 bits per heavy atom. The lowest BCUT2D eigenvalue weighted by molar-refractivity contribution is -0.122. The van der Waals surface area contributed by atoms with Crippen molar-refractivity contribution in [3.8, 4) is 0 Å². The van der Waals surface area contributed by atoms with Crippen LogP contribution in [0, 0.1) is 0 Å². The molecule has 0 saturated heterocycles. The third-order valence-electron chi connectivity index (χ3n) is 2.20. The minimum absolute atomic E-state index is 0.0162. The molecular weight excluding hydrogens is 250 g/mol. The normalized spacial score (nSPS) is 11.1. The molecule has 0 aromatic heterocycles. The second kappa shape index (κ2) is 5.96. The summed E-state index contributed by atoms with van der Waals surface area (Å²) in [5.74, 6) is 0.0162. The van der Waals surface area contributed by atoms with Gasteiger partial charge in [0, 0.05) is 23.5 Å². The molecule has 0 radical (unpaired) electrons. The Bertz CT molecular complexity index is 427. The number of anilines is 2. The molecule has 0 heterocycles. The fraction of sp³-hybridized carbons (Fsp3) is 0.462. The van der Waals surface area contributed by atoms with E-state index in [-0.39, 0.29) is 11.4 Å². The van der Waals surface area contributed by atoms with Crippen molar-refractivity contribution in [3.63, 3.8) is 0 Å². The molecule has 0 unspecified atom stereocenters. The molecule has 1 rings (SSSR count). The van der Waals surface area contributed by atoms with Gasteiger partial charge in [0.2, 0.25) is 5.91 Å². The minimum Gasteiger partial charge on any atom is -0.397 e. The summed E-state index contributed by atoms with van der Waals surface area (Å²) in [6.07, 6.45) is 0.402. The van der Waals surface area contributed by atoms with E-state index in [1.165, 1.54) is 0 Å². The number of carbonyl (C=O) groups excluding carboxylic acids is 1. The molecule has 0 atom stereocenters. The Kier molecular flexibility index (Phi) is 4.84. The maximum absolute atomic E-state index is 11.6. The molecule has 0 aliphatic rings. The summed E-state index contributed by atoms with van der Waals surface area (Å²) < 4.78 is 0. The first-order valence-electron chi connectivity index (χ1n) is 5.88. The number of amides is 1. The van der Waals surface area contributed by atoms with E-state index in [1.54, 1.807) is 18.2 Å². The van der Waals surface area contributed by atoms with Crippen LogP contribution in [0.4, 0.5) is 11.4 Å². The standard InChI is InChI=1S/C13H20ClN3O/c1-13(2,3)17-12(18)6-7-16-11-5-4-9(14)8-10(11)15/h4-5,8,16H,6-7,15H2,1-3H3,(H,17,18). The first kappa shape index (κ1) is 14.6. The largest absolute Gasteiger partial charge is 0.397 e. The zero-order valence-corrected chi connectivity index (χ0v) is 11.8. The van der Waals surface area contributed by atoms with Crippen LogP contribution >= 0.6 is 11.6 Å². The molecule has 4 nitrogen and oxygen atoms in total. The van der Waals surface area contributed by atoms with Gasteiger partial charge in [0.05, 0.1) is 11.4 Å². The monoisotopic (exact) mass is 269 g/mol. The summed E-state index contributed by atoms with van der Waals surface area (Å²) in [5.41, 5.74) is 6.97. The van der Waals surface area contributed by atoms with Gasteiger partial charge in [-0.05, 0) is 39.0 Å². The van der Waals surface area contributed by atoms with Gasteiger partial charge in [-0.1, -0.05) is 11.6 Å². The van der Waals surface area contributed by atoms with Crippen molar-refractivity contribution >= 4 is 28.9 Å². The average molecular weight is 270 g/mol. The molecule has 0 aliphatic carbocycles. The van der Waals surface area contributed by atoms with Crippen LogP contribution in [0.25, 0.3) is 0 Å². The van der Waals surface area contributed by atoms with Gasteiger partial charge in [0.1, 0.15) is 0 Å². The first-order chi connectivity index (χ1) is 8.28. The average Bonchev–Trinajstić information content (AvgIpc) is 2.18. The van der Waals surface area contributed by atoms with Crippen molar-refractivity contribution in [1.82, 2.24) is 5.32 Å². The molecule has 0 fully saturated rings. The summed E-state index contributed by atoms with van der Waals surface area (Å²) in [5, 5.41) is 6.61. The number of nitrogens with one attached hydrogen (secondary N) is 2. The number of rotatable bonds is 4. The van der Waals surface area contributed by atoms with Gasteiger partial charge in [0.25, 0.3) is 0 Å². The van der Waals surface area contributed by atoms with Crippen LogP contribution < -0.4 is 16.4 Å². The van der Waals surface area contributed by atoms with Gasteiger partial charge in [-0.2, -0.15) is 0 Å². The topological polar surface area (TPSA) is 67.2 Å². The fourth-order valence-corrected chi connectivity index (χ4v) is 1.67. The highest BCUT2D eigenvalue weighted by Gasteiger charge is 2.13. The van der Waals surface area contributed by atoms with E-state index in [0.29, 0.717) is 23.7 Å². The molecule has 1 amide bonds. The summed E-state index contributed by atoms with van der Waals surface area (Å²) in [6.45, 7) is 6.40. The van der Waals surface area contributed by atoms with Crippen LogP contribution in [0.3, 0.4) is 0 Å². The first-order valence-corrected chi connectivity index (χ1v) is 6.25. The fourth-order valence-electron chi connectivity index (χ4n) is 1.49. The second-order valence-corrected chi connectivity index (χ2v) is 5.64. The second-order valence-electron chi connectivity index (χ2n) is 5.21. The van der Waals surface area contributed by atoms with Gasteiger partial charge >= 0.3 is 0 Å². The molecule has 1 aromatic rings. The van der Waals surface area contributed by atoms with Crippen LogP contribution in [0.15, 0.2) is 18.2 Å². The molecular formula is C13H20ClN3O. The lowest BCUT2D eigenvalue weighted by Gasteiger charge is -2.20. The van der Waals surface area contributed by atoms with Gasteiger partial charge in [-0.25, -0.2) is 0 Å². The van der Waals surface area contributed by atoms with Crippen molar-refractivity contribution in [3.05, 3.63) is 23.2 Å². The van der Waals surface area contributed by atoms with Gasteiger partial charge in [0.15, 0.2) is 0 Å². The van der Waals surface area contributed by atoms with Gasteiger partial charge < -0.3 is 16.4 Å². The van der Waals surface area contributed by atoms with Crippen molar-refractivity contribution in [2.45, 2.75) is 32.7 Å². The number of benzene rings is 1. The molecule has 5 heteroatoms. The number of nitrogens with two attached hydrogens (primary N) is 1. The quantitative estimate of drug-likeness (QED) is 0.736. The van der Waals surface area contributed by atoms with E-state index < -0.39 is 0 Å². The Labute approximate surface area is 113 Å². The van der Waals surface area contributed by atoms with Crippen LogP contribution in [0.5, 0.6) is 0 Å². The van der Waals surface area contributed by atoms with Gasteiger partial charge in [-0.15, -0.1) is 0 Å². The molecule has 18 heavy (non-hydrogen) atoms. The lowest BCUT2D eigenvalue weighted by atomic mass is 10.1. The smallest absolute Gasteiger partial charge is 0.222 e. The molecule has 0 saturated carbocycles. The van der Waals surface area contributed by atoms with Crippen LogP contribution in [0.1, 0.15) is 27.2 Å². The van der Waals surface area contributed by atoms with Crippen molar-refractivity contribution < 1.29 is 4.79 Å². The van der Waals surface area contributed by atoms with Crippen molar-refractivity contribution in [1.29, 1.82) is 0 Å². The van der Waals surface area contributed by atoms with Crippen molar-refractivity contribution in [2.24, 2.45) is 0 Å². The molecule has 4 N–H and O–H groups in total. The molecule has 0 aliphatic heterocycles. The summed E-state index contributed by atoms with van der Waals surface area (Å²) in [7, 11) is 0. The maximum atomic E-state index is 11.6. The molecule has 0 spiro atoms. The SMILES string of the molecule is CC(C)(C)NC(=O)CCNc1ccc(Cl)cc1N. The highest BCUT2D eigenvalue weighted by atomic mass is 35.5. The Hall–Kier alpha value is -1.42. The molecule has 100 valence electrons.